The molecule has 1 N–H and O–H groups in total. The van der Waals surface area contributed by atoms with Crippen LogP contribution < -0.4 is 5.32 Å². The number of nitrogens with one attached hydrogen (secondary N) is 1. The number of nitrogens with zero attached hydrogens (tertiary/aromatic N) is 1. The van der Waals surface area contributed by atoms with Crippen molar-refractivity contribution >= 4 is 5.84 Å². The molecule has 0 amide bonds. The minimum atomic E-state index is -0.373. The molecule has 0 fully saturated rings. The second-order valence-electron chi connectivity index (χ2n) is 4.26. The SMILES string of the molecule is CC(C)(C1=NCCN1)c1ccccc1F. The zero-order chi connectivity index (χ0) is 10.9. The Hall–Kier alpha value is -1.38. The van der Waals surface area contributed by atoms with E-state index in [0.717, 1.165) is 18.9 Å². The minimum absolute atomic E-state index is 0.168. The highest BCUT2D eigenvalue weighted by atomic mass is 19.1. The fourth-order valence-electron chi connectivity index (χ4n) is 1.91. The zero-order valence-corrected chi connectivity index (χ0v) is 9.05. The number of hydrogen-bond acceptors (Lipinski definition) is 2. The van der Waals surface area contributed by atoms with Crippen LogP contribution in [0.5, 0.6) is 0 Å². The Morgan fingerprint density at radius 3 is 2.67 bits per heavy atom. The highest BCUT2D eigenvalue weighted by Gasteiger charge is 2.31. The van der Waals surface area contributed by atoms with Crippen LogP contribution in [0.25, 0.3) is 0 Å². The van der Waals surface area contributed by atoms with Crippen molar-refractivity contribution in [3.05, 3.63) is 35.6 Å². The van der Waals surface area contributed by atoms with E-state index in [0.29, 0.717) is 5.56 Å². The maximum atomic E-state index is 13.7. The molecule has 0 saturated carbocycles. The van der Waals surface area contributed by atoms with Crippen LogP contribution in [0.15, 0.2) is 29.3 Å². The summed E-state index contributed by atoms with van der Waals surface area (Å²) in [6.45, 7) is 5.62. The predicted octanol–water partition coefficient (Wildman–Crippen LogP) is 2.10. The fourth-order valence-corrected chi connectivity index (χ4v) is 1.91. The molecule has 1 aromatic rings. The average Bonchev–Trinajstić information content (AvgIpc) is 2.71. The van der Waals surface area contributed by atoms with Gasteiger partial charge in [-0.1, -0.05) is 18.2 Å². The lowest BCUT2D eigenvalue weighted by Gasteiger charge is -2.26. The van der Waals surface area contributed by atoms with E-state index in [1.165, 1.54) is 6.07 Å². The minimum Gasteiger partial charge on any atom is -0.371 e. The molecule has 0 radical (unpaired) electrons. The first-order valence-electron chi connectivity index (χ1n) is 5.16. The van der Waals surface area contributed by atoms with Crippen LogP contribution in [-0.4, -0.2) is 18.9 Å². The van der Waals surface area contributed by atoms with E-state index in [1.807, 2.05) is 26.0 Å². The second kappa shape index (κ2) is 3.65. The summed E-state index contributed by atoms with van der Waals surface area (Å²) in [5, 5.41) is 3.21. The molecule has 1 aliphatic heterocycles. The van der Waals surface area contributed by atoms with Crippen LogP contribution in [-0.2, 0) is 5.41 Å². The molecule has 0 aromatic heterocycles. The van der Waals surface area contributed by atoms with Gasteiger partial charge in [0.2, 0.25) is 0 Å². The molecule has 0 aliphatic carbocycles. The first-order valence-corrected chi connectivity index (χ1v) is 5.16. The summed E-state index contributed by atoms with van der Waals surface area (Å²) >= 11 is 0. The number of benzene rings is 1. The van der Waals surface area contributed by atoms with E-state index in [1.54, 1.807) is 6.07 Å². The number of aliphatic imine (C=N–C) groups is 1. The third kappa shape index (κ3) is 1.74. The highest BCUT2D eigenvalue weighted by Crippen LogP contribution is 2.27. The first-order chi connectivity index (χ1) is 7.12. The van der Waals surface area contributed by atoms with E-state index in [9.17, 15) is 4.39 Å². The van der Waals surface area contributed by atoms with Gasteiger partial charge in [-0.2, -0.15) is 0 Å². The molecule has 1 aromatic carbocycles. The van der Waals surface area contributed by atoms with Crippen LogP contribution in [0.1, 0.15) is 19.4 Å². The zero-order valence-electron chi connectivity index (χ0n) is 9.05. The Morgan fingerprint density at radius 2 is 2.07 bits per heavy atom. The normalized spacial score (nSPS) is 16.1. The van der Waals surface area contributed by atoms with Crippen LogP contribution in [0.4, 0.5) is 4.39 Å². The lowest BCUT2D eigenvalue weighted by molar-refractivity contribution is 0.569. The van der Waals surface area contributed by atoms with Gasteiger partial charge in [0.1, 0.15) is 11.7 Å². The third-order valence-corrected chi connectivity index (χ3v) is 2.81. The van der Waals surface area contributed by atoms with Crippen molar-refractivity contribution < 1.29 is 4.39 Å². The van der Waals surface area contributed by atoms with Gasteiger partial charge in [0.15, 0.2) is 0 Å². The molecule has 15 heavy (non-hydrogen) atoms. The van der Waals surface area contributed by atoms with Crippen molar-refractivity contribution in [2.45, 2.75) is 19.3 Å². The van der Waals surface area contributed by atoms with Gasteiger partial charge >= 0.3 is 0 Å². The lowest BCUT2D eigenvalue weighted by atomic mass is 9.83. The van der Waals surface area contributed by atoms with E-state index in [-0.39, 0.29) is 11.2 Å². The summed E-state index contributed by atoms with van der Waals surface area (Å²) in [7, 11) is 0. The Kier molecular flexibility index (Phi) is 2.47. The second-order valence-corrected chi connectivity index (χ2v) is 4.26. The van der Waals surface area contributed by atoms with Crippen LogP contribution in [0.3, 0.4) is 0 Å². The summed E-state index contributed by atoms with van der Waals surface area (Å²) in [5.41, 5.74) is 0.320. The molecule has 0 spiro atoms. The quantitative estimate of drug-likeness (QED) is 0.787. The largest absolute Gasteiger partial charge is 0.371 e. The van der Waals surface area contributed by atoms with Crippen molar-refractivity contribution in [2.75, 3.05) is 13.1 Å². The lowest BCUT2D eigenvalue weighted by Crippen LogP contribution is -2.38. The standard InChI is InChI=1S/C12H15FN2/c1-12(2,11-14-7-8-15-11)9-5-3-4-6-10(9)13/h3-6H,7-8H2,1-2H3,(H,14,15). The van der Waals surface area contributed by atoms with Gasteiger partial charge < -0.3 is 5.32 Å². The monoisotopic (exact) mass is 206 g/mol. The molecule has 2 rings (SSSR count). The summed E-state index contributed by atoms with van der Waals surface area (Å²) in [4.78, 5) is 4.36. The Balaban J connectivity index is 2.41. The first kappa shape index (κ1) is 10.1. The molecule has 0 bridgehead atoms. The molecule has 1 aliphatic rings. The van der Waals surface area contributed by atoms with Crippen molar-refractivity contribution in [3.8, 4) is 0 Å². The van der Waals surface area contributed by atoms with Crippen molar-refractivity contribution in [2.24, 2.45) is 4.99 Å². The maximum Gasteiger partial charge on any atom is 0.127 e. The van der Waals surface area contributed by atoms with Crippen molar-refractivity contribution in [1.29, 1.82) is 0 Å². The van der Waals surface area contributed by atoms with Crippen LogP contribution >= 0.6 is 0 Å². The summed E-state index contributed by atoms with van der Waals surface area (Å²) in [6.07, 6.45) is 0. The molecule has 0 saturated heterocycles. The van der Waals surface area contributed by atoms with E-state index < -0.39 is 0 Å². The molecule has 0 atom stereocenters. The number of rotatable bonds is 2. The fraction of sp³-hybridized carbons (Fsp3) is 0.417. The topological polar surface area (TPSA) is 24.4 Å². The van der Waals surface area contributed by atoms with E-state index in [2.05, 4.69) is 10.3 Å². The number of hydrogen-bond donors (Lipinski definition) is 1. The van der Waals surface area contributed by atoms with Gasteiger partial charge in [0, 0.05) is 17.5 Å². The molecular formula is C12H15FN2. The predicted molar refractivity (Wildman–Crippen MR) is 59.7 cm³/mol. The van der Waals surface area contributed by atoms with Gasteiger partial charge in [-0.05, 0) is 19.9 Å². The molecular weight excluding hydrogens is 191 g/mol. The van der Waals surface area contributed by atoms with Gasteiger partial charge in [-0.3, -0.25) is 4.99 Å². The highest BCUT2D eigenvalue weighted by molar-refractivity contribution is 5.93. The van der Waals surface area contributed by atoms with E-state index in [4.69, 9.17) is 0 Å². The van der Waals surface area contributed by atoms with Gasteiger partial charge in [-0.15, -0.1) is 0 Å². The Morgan fingerprint density at radius 1 is 1.33 bits per heavy atom. The van der Waals surface area contributed by atoms with Crippen molar-refractivity contribution in [1.82, 2.24) is 5.32 Å². The summed E-state index contributed by atoms with van der Waals surface area (Å²) in [6, 6.07) is 6.87. The molecule has 80 valence electrons. The summed E-state index contributed by atoms with van der Waals surface area (Å²) in [5.74, 6) is 0.714. The van der Waals surface area contributed by atoms with Gasteiger partial charge in [-0.25, -0.2) is 4.39 Å². The Bertz CT molecular complexity index is 396. The molecule has 3 heteroatoms. The average molecular weight is 206 g/mol. The molecule has 2 nitrogen and oxygen atoms in total. The van der Waals surface area contributed by atoms with Gasteiger partial charge in [0.05, 0.1) is 6.54 Å². The van der Waals surface area contributed by atoms with Gasteiger partial charge in [0.25, 0.3) is 0 Å². The van der Waals surface area contributed by atoms with E-state index >= 15 is 0 Å². The number of amidine groups is 1. The Labute approximate surface area is 89.2 Å². The third-order valence-electron chi connectivity index (χ3n) is 2.81. The number of halogens is 1. The van der Waals surface area contributed by atoms with Crippen LogP contribution in [0, 0.1) is 5.82 Å². The summed E-state index contributed by atoms with van der Waals surface area (Å²) < 4.78 is 13.7. The maximum absolute atomic E-state index is 13.7. The molecule has 1 heterocycles. The smallest absolute Gasteiger partial charge is 0.127 e. The van der Waals surface area contributed by atoms with Crippen molar-refractivity contribution in [3.63, 3.8) is 0 Å². The molecule has 0 unspecified atom stereocenters. The van der Waals surface area contributed by atoms with Crippen LogP contribution in [0.2, 0.25) is 0 Å².